The SMILES string of the molecule is CCCNC(=O)CC(=O)NCC. The van der Waals surface area contributed by atoms with Gasteiger partial charge in [-0.3, -0.25) is 9.59 Å². The summed E-state index contributed by atoms with van der Waals surface area (Å²) in [7, 11) is 0. The standard InChI is InChI=1S/C8H16N2O2/c1-3-5-10-8(12)6-7(11)9-4-2/h3-6H2,1-2H3,(H,9,11)(H,10,12). The van der Waals surface area contributed by atoms with Gasteiger partial charge in [0.25, 0.3) is 0 Å². The van der Waals surface area contributed by atoms with Gasteiger partial charge in [-0.25, -0.2) is 0 Å². The Bertz CT molecular complexity index is 157. The molecule has 0 aromatic heterocycles. The molecule has 0 fully saturated rings. The summed E-state index contributed by atoms with van der Waals surface area (Å²) in [6.45, 7) is 4.99. The van der Waals surface area contributed by atoms with Gasteiger partial charge in [-0.2, -0.15) is 0 Å². The van der Waals surface area contributed by atoms with E-state index >= 15 is 0 Å². The van der Waals surface area contributed by atoms with E-state index in [9.17, 15) is 9.59 Å². The summed E-state index contributed by atoms with van der Waals surface area (Å²) < 4.78 is 0. The van der Waals surface area contributed by atoms with Crippen LogP contribution in [-0.4, -0.2) is 24.9 Å². The zero-order valence-corrected chi connectivity index (χ0v) is 7.64. The molecule has 0 aromatic carbocycles. The zero-order valence-electron chi connectivity index (χ0n) is 7.64. The highest BCUT2D eigenvalue weighted by molar-refractivity contribution is 5.96. The van der Waals surface area contributed by atoms with Crippen LogP contribution in [0.1, 0.15) is 26.7 Å². The lowest BCUT2D eigenvalue weighted by atomic mass is 10.3. The van der Waals surface area contributed by atoms with Crippen molar-refractivity contribution in [3.05, 3.63) is 0 Å². The second-order valence-electron chi connectivity index (χ2n) is 2.48. The van der Waals surface area contributed by atoms with Crippen molar-refractivity contribution in [1.29, 1.82) is 0 Å². The molecule has 0 atom stereocenters. The molecule has 0 aliphatic rings. The van der Waals surface area contributed by atoms with E-state index < -0.39 is 0 Å². The first-order valence-electron chi connectivity index (χ1n) is 4.24. The Kier molecular flexibility index (Phi) is 6.05. The molecule has 0 saturated heterocycles. The molecular formula is C8H16N2O2. The van der Waals surface area contributed by atoms with Gasteiger partial charge >= 0.3 is 0 Å². The van der Waals surface area contributed by atoms with Gasteiger partial charge in [0.15, 0.2) is 0 Å². The average molecular weight is 172 g/mol. The maximum absolute atomic E-state index is 10.9. The smallest absolute Gasteiger partial charge is 0.229 e. The quantitative estimate of drug-likeness (QED) is 0.575. The van der Waals surface area contributed by atoms with Crippen molar-refractivity contribution in [2.75, 3.05) is 13.1 Å². The van der Waals surface area contributed by atoms with Crippen LogP contribution in [0.15, 0.2) is 0 Å². The molecule has 0 bridgehead atoms. The topological polar surface area (TPSA) is 58.2 Å². The monoisotopic (exact) mass is 172 g/mol. The number of carbonyl (C=O) groups is 2. The molecule has 0 aliphatic heterocycles. The van der Waals surface area contributed by atoms with Crippen LogP contribution in [0.3, 0.4) is 0 Å². The first-order chi connectivity index (χ1) is 5.70. The fourth-order valence-electron chi connectivity index (χ4n) is 0.732. The maximum atomic E-state index is 10.9. The number of hydrogen-bond donors (Lipinski definition) is 2. The Hall–Kier alpha value is -1.06. The van der Waals surface area contributed by atoms with Gasteiger partial charge in [0.1, 0.15) is 6.42 Å². The molecule has 2 N–H and O–H groups in total. The molecule has 4 heteroatoms. The normalized spacial score (nSPS) is 9.17. The Morgan fingerprint density at radius 3 is 2.17 bits per heavy atom. The minimum Gasteiger partial charge on any atom is -0.356 e. The van der Waals surface area contributed by atoms with E-state index in [0.29, 0.717) is 13.1 Å². The second-order valence-corrected chi connectivity index (χ2v) is 2.48. The first-order valence-corrected chi connectivity index (χ1v) is 4.24. The minimum atomic E-state index is -0.217. The molecule has 0 rings (SSSR count). The highest BCUT2D eigenvalue weighted by atomic mass is 16.2. The Morgan fingerprint density at radius 2 is 1.67 bits per heavy atom. The van der Waals surface area contributed by atoms with Gasteiger partial charge in [-0.15, -0.1) is 0 Å². The maximum Gasteiger partial charge on any atom is 0.229 e. The van der Waals surface area contributed by atoms with Crippen LogP contribution in [-0.2, 0) is 9.59 Å². The number of nitrogens with one attached hydrogen (secondary N) is 2. The largest absolute Gasteiger partial charge is 0.356 e. The van der Waals surface area contributed by atoms with E-state index in [1.165, 1.54) is 0 Å². The molecule has 70 valence electrons. The van der Waals surface area contributed by atoms with Crippen LogP contribution in [0.25, 0.3) is 0 Å². The summed E-state index contributed by atoms with van der Waals surface area (Å²) in [5.74, 6) is -0.422. The van der Waals surface area contributed by atoms with Crippen molar-refractivity contribution in [3.63, 3.8) is 0 Å². The Morgan fingerprint density at radius 1 is 1.08 bits per heavy atom. The van der Waals surface area contributed by atoms with E-state index in [-0.39, 0.29) is 18.2 Å². The molecular weight excluding hydrogens is 156 g/mol. The van der Waals surface area contributed by atoms with Gasteiger partial charge in [0.2, 0.25) is 11.8 Å². The predicted octanol–water partition coefficient (Wildman–Crippen LogP) is 0.0388. The third kappa shape index (κ3) is 5.70. The van der Waals surface area contributed by atoms with Crippen LogP contribution in [0.5, 0.6) is 0 Å². The second kappa shape index (κ2) is 6.64. The number of hydrogen-bond acceptors (Lipinski definition) is 2. The molecule has 0 aliphatic carbocycles. The van der Waals surface area contributed by atoms with Gasteiger partial charge < -0.3 is 10.6 Å². The van der Waals surface area contributed by atoms with Crippen LogP contribution >= 0.6 is 0 Å². The molecule has 4 nitrogen and oxygen atoms in total. The van der Waals surface area contributed by atoms with Crippen molar-refractivity contribution < 1.29 is 9.59 Å². The highest BCUT2D eigenvalue weighted by Gasteiger charge is 2.06. The van der Waals surface area contributed by atoms with E-state index in [4.69, 9.17) is 0 Å². The zero-order chi connectivity index (χ0) is 9.40. The summed E-state index contributed by atoms with van der Waals surface area (Å²) in [4.78, 5) is 21.8. The summed E-state index contributed by atoms with van der Waals surface area (Å²) >= 11 is 0. The molecule has 0 spiro atoms. The van der Waals surface area contributed by atoms with Crippen LogP contribution < -0.4 is 10.6 Å². The first kappa shape index (κ1) is 10.9. The van der Waals surface area contributed by atoms with E-state index in [2.05, 4.69) is 10.6 Å². The molecule has 0 radical (unpaired) electrons. The highest BCUT2D eigenvalue weighted by Crippen LogP contribution is 1.80. The average Bonchev–Trinajstić information content (AvgIpc) is 2.01. The van der Waals surface area contributed by atoms with Crippen molar-refractivity contribution in [1.82, 2.24) is 10.6 Å². The molecule has 2 amide bonds. The van der Waals surface area contributed by atoms with Crippen molar-refractivity contribution in [3.8, 4) is 0 Å². The van der Waals surface area contributed by atoms with Crippen LogP contribution in [0.4, 0.5) is 0 Å². The molecule has 0 unspecified atom stereocenters. The summed E-state index contributed by atoms with van der Waals surface area (Å²) in [5, 5.41) is 5.17. The Labute approximate surface area is 72.7 Å². The lowest BCUT2D eigenvalue weighted by molar-refractivity contribution is -0.129. The van der Waals surface area contributed by atoms with E-state index in [1.54, 1.807) is 0 Å². The summed E-state index contributed by atoms with van der Waals surface area (Å²) in [6.07, 6.45) is 0.828. The summed E-state index contributed by atoms with van der Waals surface area (Å²) in [5.41, 5.74) is 0. The Balaban J connectivity index is 3.47. The number of amides is 2. The lowest BCUT2D eigenvalue weighted by Crippen LogP contribution is -2.32. The van der Waals surface area contributed by atoms with Crippen LogP contribution in [0, 0.1) is 0 Å². The van der Waals surface area contributed by atoms with Crippen molar-refractivity contribution in [2.24, 2.45) is 0 Å². The van der Waals surface area contributed by atoms with E-state index in [1.807, 2.05) is 13.8 Å². The van der Waals surface area contributed by atoms with Crippen LogP contribution in [0.2, 0.25) is 0 Å². The van der Waals surface area contributed by atoms with Crippen molar-refractivity contribution in [2.45, 2.75) is 26.7 Å². The minimum absolute atomic E-state index is 0.0617. The fraction of sp³-hybridized carbons (Fsp3) is 0.750. The fourth-order valence-corrected chi connectivity index (χ4v) is 0.732. The molecule has 0 aromatic rings. The lowest BCUT2D eigenvalue weighted by Gasteiger charge is -2.02. The summed E-state index contributed by atoms with van der Waals surface area (Å²) in [6, 6.07) is 0. The number of rotatable bonds is 5. The third-order valence-electron chi connectivity index (χ3n) is 1.27. The molecule has 0 heterocycles. The molecule has 0 saturated carbocycles. The molecule has 12 heavy (non-hydrogen) atoms. The van der Waals surface area contributed by atoms with Gasteiger partial charge in [0, 0.05) is 13.1 Å². The number of carbonyl (C=O) groups excluding carboxylic acids is 2. The van der Waals surface area contributed by atoms with Gasteiger partial charge in [-0.05, 0) is 13.3 Å². The predicted molar refractivity (Wildman–Crippen MR) is 46.6 cm³/mol. The third-order valence-corrected chi connectivity index (χ3v) is 1.27. The van der Waals surface area contributed by atoms with Crippen molar-refractivity contribution >= 4 is 11.8 Å². The van der Waals surface area contributed by atoms with Gasteiger partial charge in [0.05, 0.1) is 0 Å². The van der Waals surface area contributed by atoms with E-state index in [0.717, 1.165) is 6.42 Å². The van der Waals surface area contributed by atoms with Gasteiger partial charge in [-0.1, -0.05) is 6.92 Å².